The van der Waals surface area contributed by atoms with Crippen molar-refractivity contribution in [2.45, 2.75) is 24.8 Å². The number of carbonyl (C=O) groups is 1. The third-order valence-corrected chi connectivity index (χ3v) is 8.68. The number of hydrogen-bond acceptors (Lipinski definition) is 7. The Morgan fingerprint density at radius 3 is 2.35 bits per heavy atom. The summed E-state index contributed by atoms with van der Waals surface area (Å²) < 4.78 is 39.5. The molecular weight excluding hydrogens is 510 g/mol. The van der Waals surface area contributed by atoms with Gasteiger partial charge in [0.2, 0.25) is 0 Å². The van der Waals surface area contributed by atoms with Gasteiger partial charge in [-0.05, 0) is 73.5 Å². The van der Waals surface area contributed by atoms with Gasteiger partial charge in [-0.1, -0.05) is 23.8 Å². The first-order valence-corrected chi connectivity index (χ1v) is 14.3. The number of nitrogens with zero attached hydrogens (tertiary/aromatic N) is 2. The fourth-order valence-corrected chi connectivity index (χ4v) is 5.57. The van der Waals surface area contributed by atoms with E-state index in [4.69, 9.17) is 9.47 Å². The molecule has 1 heterocycles. The van der Waals surface area contributed by atoms with Crippen molar-refractivity contribution in [3.8, 4) is 11.5 Å². The molecule has 0 spiro atoms. The molecule has 0 saturated carbocycles. The minimum atomic E-state index is -4.08. The molecule has 1 aliphatic heterocycles. The fraction of sp³-hybridized carbons (Fsp3) is 0.259. The zero-order valence-corrected chi connectivity index (χ0v) is 22.5. The SMILES string of the molecule is COc1ccc(C)cc1N(CC(=O)N/N=C\c1ccc(OC2CSC2)cc1)S(=O)(=O)c1ccc(C)cc1. The summed E-state index contributed by atoms with van der Waals surface area (Å²) in [4.78, 5) is 12.9. The van der Waals surface area contributed by atoms with Gasteiger partial charge in [-0.15, -0.1) is 0 Å². The molecule has 0 atom stereocenters. The largest absolute Gasteiger partial charge is 0.495 e. The van der Waals surface area contributed by atoms with Crippen molar-refractivity contribution >= 4 is 39.6 Å². The van der Waals surface area contributed by atoms with Crippen molar-refractivity contribution in [1.29, 1.82) is 0 Å². The van der Waals surface area contributed by atoms with E-state index in [1.165, 1.54) is 25.5 Å². The number of benzene rings is 3. The molecule has 0 aliphatic carbocycles. The van der Waals surface area contributed by atoms with Crippen LogP contribution in [0.1, 0.15) is 16.7 Å². The number of carbonyl (C=O) groups excluding carboxylic acids is 1. The summed E-state index contributed by atoms with van der Waals surface area (Å²) in [5.41, 5.74) is 5.21. The number of ether oxygens (including phenoxy) is 2. The van der Waals surface area contributed by atoms with E-state index < -0.39 is 22.5 Å². The molecule has 0 bridgehead atoms. The number of amides is 1. The van der Waals surface area contributed by atoms with E-state index in [1.54, 1.807) is 24.3 Å². The summed E-state index contributed by atoms with van der Waals surface area (Å²) in [6, 6.07) is 19.0. The summed E-state index contributed by atoms with van der Waals surface area (Å²) in [6.07, 6.45) is 1.75. The number of hydrogen-bond donors (Lipinski definition) is 1. The van der Waals surface area contributed by atoms with Crippen molar-refractivity contribution in [1.82, 2.24) is 5.43 Å². The number of nitrogens with one attached hydrogen (secondary N) is 1. The first-order valence-electron chi connectivity index (χ1n) is 11.7. The molecular formula is C27H29N3O5S2. The number of hydrazone groups is 1. The Morgan fingerprint density at radius 2 is 1.73 bits per heavy atom. The molecule has 0 aromatic heterocycles. The van der Waals surface area contributed by atoms with E-state index in [2.05, 4.69) is 10.5 Å². The van der Waals surface area contributed by atoms with Crippen LogP contribution in [0.3, 0.4) is 0 Å². The monoisotopic (exact) mass is 539 g/mol. The molecule has 1 aliphatic rings. The lowest BCUT2D eigenvalue weighted by molar-refractivity contribution is -0.119. The predicted molar refractivity (Wildman–Crippen MR) is 147 cm³/mol. The lowest BCUT2D eigenvalue weighted by atomic mass is 10.2. The van der Waals surface area contributed by atoms with E-state index in [-0.39, 0.29) is 16.7 Å². The van der Waals surface area contributed by atoms with Crippen LogP contribution >= 0.6 is 11.8 Å². The number of thioether (sulfide) groups is 1. The number of rotatable bonds is 10. The summed E-state index contributed by atoms with van der Waals surface area (Å²) in [5.74, 6) is 2.52. The van der Waals surface area contributed by atoms with Crippen LogP contribution in [-0.4, -0.2) is 51.8 Å². The van der Waals surface area contributed by atoms with Crippen LogP contribution in [-0.2, 0) is 14.8 Å². The molecule has 1 fully saturated rings. The molecule has 8 nitrogen and oxygen atoms in total. The molecule has 10 heteroatoms. The number of sulfonamides is 1. The summed E-state index contributed by atoms with van der Waals surface area (Å²) >= 11 is 1.85. The second-order valence-corrected chi connectivity index (χ2v) is 11.6. The van der Waals surface area contributed by atoms with Crippen LogP contribution in [0.15, 0.2) is 76.7 Å². The molecule has 1 N–H and O–H groups in total. The van der Waals surface area contributed by atoms with Gasteiger partial charge < -0.3 is 9.47 Å². The van der Waals surface area contributed by atoms with Crippen molar-refractivity contribution in [2.24, 2.45) is 5.10 Å². The Balaban J connectivity index is 1.51. The Kier molecular flexibility index (Phi) is 8.40. The van der Waals surface area contributed by atoms with Crippen LogP contribution in [0, 0.1) is 13.8 Å². The van der Waals surface area contributed by atoms with Crippen LogP contribution in [0.25, 0.3) is 0 Å². The minimum Gasteiger partial charge on any atom is -0.495 e. The van der Waals surface area contributed by atoms with Crippen molar-refractivity contribution in [3.63, 3.8) is 0 Å². The summed E-state index contributed by atoms with van der Waals surface area (Å²) in [6.45, 7) is 3.22. The average molecular weight is 540 g/mol. The van der Waals surface area contributed by atoms with Gasteiger partial charge in [-0.3, -0.25) is 9.10 Å². The van der Waals surface area contributed by atoms with E-state index in [9.17, 15) is 13.2 Å². The molecule has 37 heavy (non-hydrogen) atoms. The van der Waals surface area contributed by atoms with Crippen LogP contribution in [0.5, 0.6) is 11.5 Å². The van der Waals surface area contributed by atoms with Gasteiger partial charge in [-0.25, -0.2) is 13.8 Å². The topological polar surface area (TPSA) is 97.3 Å². The maximum Gasteiger partial charge on any atom is 0.264 e. The molecule has 0 unspecified atom stereocenters. The van der Waals surface area contributed by atoms with Crippen LogP contribution in [0.2, 0.25) is 0 Å². The Hall–Kier alpha value is -3.50. The maximum absolute atomic E-state index is 13.6. The number of aryl methyl sites for hydroxylation is 2. The highest BCUT2D eigenvalue weighted by atomic mass is 32.2. The van der Waals surface area contributed by atoms with Crippen LogP contribution in [0.4, 0.5) is 5.69 Å². The first kappa shape index (κ1) is 26.6. The number of anilines is 1. The second-order valence-electron chi connectivity index (χ2n) is 8.64. The highest BCUT2D eigenvalue weighted by molar-refractivity contribution is 8.00. The van der Waals surface area contributed by atoms with E-state index in [0.29, 0.717) is 5.75 Å². The molecule has 1 saturated heterocycles. The van der Waals surface area contributed by atoms with Gasteiger partial charge in [-0.2, -0.15) is 16.9 Å². The van der Waals surface area contributed by atoms with Gasteiger partial charge in [0, 0.05) is 11.5 Å². The number of methoxy groups -OCH3 is 1. The zero-order chi connectivity index (χ0) is 26.4. The minimum absolute atomic E-state index is 0.0702. The highest BCUT2D eigenvalue weighted by Gasteiger charge is 2.29. The molecule has 0 radical (unpaired) electrons. The molecule has 3 aromatic carbocycles. The van der Waals surface area contributed by atoms with Gasteiger partial charge >= 0.3 is 0 Å². The third-order valence-electron chi connectivity index (χ3n) is 5.69. The predicted octanol–water partition coefficient (Wildman–Crippen LogP) is 4.15. The Bertz CT molecular complexity index is 1370. The normalized spacial score (nSPS) is 13.7. The average Bonchev–Trinajstić information content (AvgIpc) is 2.86. The molecule has 194 valence electrons. The second kappa shape index (κ2) is 11.7. The zero-order valence-electron chi connectivity index (χ0n) is 20.9. The molecule has 4 rings (SSSR count). The van der Waals surface area contributed by atoms with Crippen molar-refractivity contribution < 1.29 is 22.7 Å². The quantitative estimate of drug-likeness (QED) is 0.307. The third kappa shape index (κ3) is 6.64. The lowest BCUT2D eigenvalue weighted by Gasteiger charge is -2.25. The van der Waals surface area contributed by atoms with Crippen LogP contribution < -0.4 is 19.2 Å². The summed E-state index contributed by atoms with van der Waals surface area (Å²) in [5, 5.41) is 4.01. The molecule has 3 aromatic rings. The van der Waals surface area contributed by atoms with Gasteiger partial charge in [0.25, 0.3) is 15.9 Å². The van der Waals surface area contributed by atoms with Crippen molar-refractivity contribution in [3.05, 3.63) is 83.4 Å². The van der Waals surface area contributed by atoms with Gasteiger partial charge in [0.05, 0.1) is 23.9 Å². The fourth-order valence-electron chi connectivity index (χ4n) is 3.58. The lowest BCUT2D eigenvalue weighted by Crippen LogP contribution is -2.39. The standard InChI is InChI=1S/C27H29N3O5S2/c1-19-4-11-24(12-5-19)37(32,33)30(25-14-20(2)6-13-26(25)34-3)16-27(31)29-28-15-21-7-9-22(10-8-21)35-23-17-36-18-23/h4-15,23H,16-18H2,1-3H3,(H,29,31)/b28-15-. The highest BCUT2D eigenvalue weighted by Crippen LogP contribution is 2.33. The van der Waals surface area contributed by atoms with Gasteiger partial charge in [0.15, 0.2) is 0 Å². The van der Waals surface area contributed by atoms with E-state index >= 15 is 0 Å². The van der Waals surface area contributed by atoms with Gasteiger partial charge in [0.1, 0.15) is 24.1 Å². The molecule has 1 amide bonds. The maximum atomic E-state index is 13.6. The van der Waals surface area contributed by atoms with E-state index in [1.807, 2.05) is 55.9 Å². The summed E-state index contributed by atoms with van der Waals surface area (Å²) in [7, 11) is -2.62. The Morgan fingerprint density at radius 1 is 1.05 bits per heavy atom. The first-order chi connectivity index (χ1) is 17.8. The van der Waals surface area contributed by atoms with Crippen molar-refractivity contribution in [2.75, 3.05) is 29.5 Å². The van der Waals surface area contributed by atoms with E-state index in [0.717, 1.165) is 38.3 Å². The Labute approximate surface area is 221 Å². The smallest absolute Gasteiger partial charge is 0.264 e.